The molecule has 32 heavy (non-hydrogen) atoms. The molecule has 0 aromatic carbocycles. The van der Waals surface area contributed by atoms with Gasteiger partial charge in [0.2, 0.25) is 5.91 Å². The number of carboxylic acids is 2. The van der Waals surface area contributed by atoms with Crippen molar-refractivity contribution in [2.24, 2.45) is 11.3 Å². The fourth-order valence-corrected chi connectivity index (χ4v) is 2.76. The average molecular weight is 475 g/mol. The van der Waals surface area contributed by atoms with Crippen molar-refractivity contribution in [1.29, 1.82) is 0 Å². The Morgan fingerprint density at radius 1 is 1.12 bits per heavy atom. The second-order valence-corrected chi connectivity index (χ2v) is 6.61. The highest BCUT2D eigenvalue weighted by molar-refractivity contribution is 5.84. The Hall–Kier alpha value is -2.94. The van der Waals surface area contributed by atoms with Gasteiger partial charge >= 0.3 is 24.3 Å². The standard InChI is InChI=1S/C13H17N3O2.2C2HF3O2/c17-12(16-6-11-3-1-2-4-15-11)13-8-14-5-10(13)7-18-9-13;2*3-2(4,5)1(6)7/h1-4,10,14H,5-9H2,(H,16,17);2*(H,6,7)/t10-,13-;;/m1../s1. The lowest BCUT2D eigenvalue weighted by atomic mass is 9.80. The lowest BCUT2D eigenvalue weighted by Gasteiger charge is -2.24. The number of carbonyl (C=O) groups is 3. The number of alkyl halides is 6. The number of amides is 1. The van der Waals surface area contributed by atoms with E-state index >= 15 is 0 Å². The van der Waals surface area contributed by atoms with Crippen LogP contribution in [-0.4, -0.2) is 71.7 Å². The van der Waals surface area contributed by atoms with Crippen LogP contribution in [0.2, 0.25) is 0 Å². The maximum Gasteiger partial charge on any atom is 0.490 e. The monoisotopic (exact) mass is 475 g/mol. The molecule has 15 heteroatoms. The first-order chi connectivity index (χ1) is 14.7. The summed E-state index contributed by atoms with van der Waals surface area (Å²) in [5.74, 6) is -5.12. The zero-order valence-electron chi connectivity index (χ0n) is 16.2. The van der Waals surface area contributed by atoms with Crippen LogP contribution in [0.25, 0.3) is 0 Å². The number of fused-ring (bicyclic) bond motifs is 1. The van der Waals surface area contributed by atoms with Crippen molar-refractivity contribution in [2.45, 2.75) is 18.9 Å². The second kappa shape index (κ2) is 11.1. The summed E-state index contributed by atoms with van der Waals surface area (Å²) in [5, 5.41) is 20.5. The molecule has 2 saturated heterocycles. The number of aliphatic carboxylic acids is 2. The molecule has 4 N–H and O–H groups in total. The minimum Gasteiger partial charge on any atom is -0.475 e. The fraction of sp³-hybridized carbons (Fsp3) is 0.529. The van der Waals surface area contributed by atoms with Crippen molar-refractivity contribution in [3.05, 3.63) is 30.1 Å². The molecule has 0 radical (unpaired) electrons. The van der Waals surface area contributed by atoms with E-state index in [2.05, 4.69) is 15.6 Å². The van der Waals surface area contributed by atoms with E-state index in [1.165, 1.54) is 0 Å². The molecule has 3 rings (SSSR count). The Bertz CT molecular complexity index is 753. The van der Waals surface area contributed by atoms with E-state index in [-0.39, 0.29) is 11.3 Å². The second-order valence-electron chi connectivity index (χ2n) is 6.61. The average Bonchev–Trinajstić information content (AvgIpc) is 3.27. The summed E-state index contributed by atoms with van der Waals surface area (Å²) < 4.78 is 68.9. The topological polar surface area (TPSA) is 138 Å². The minimum absolute atomic E-state index is 0.0839. The molecule has 0 saturated carbocycles. The maximum absolute atomic E-state index is 12.4. The van der Waals surface area contributed by atoms with Gasteiger partial charge in [-0.3, -0.25) is 9.78 Å². The van der Waals surface area contributed by atoms with Crippen LogP contribution >= 0.6 is 0 Å². The number of hydrogen-bond donors (Lipinski definition) is 4. The molecule has 1 aromatic heterocycles. The predicted molar refractivity (Wildman–Crippen MR) is 93.1 cm³/mol. The summed E-state index contributed by atoms with van der Waals surface area (Å²) in [7, 11) is 0. The normalized spacial score (nSPS) is 21.9. The third kappa shape index (κ3) is 7.96. The van der Waals surface area contributed by atoms with E-state index in [1.807, 2.05) is 18.2 Å². The van der Waals surface area contributed by atoms with E-state index in [1.54, 1.807) is 6.20 Å². The molecule has 180 valence electrons. The largest absolute Gasteiger partial charge is 0.490 e. The van der Waals surface area contributed by atoms with Crippen LogP contribution in [0.15, 0.2) is 24.4 Å². The first-order valence-corrected chi connectivity index (χ1v) is 8.77. The van der Waals surface area contributed by atoms with Crippen LogP contribution in [0.5, 0.6) is 0 Å². The van der Waals surface area contributed by atoms with Crippen LogP contribution < -0.4 is 10.6 Å². The number of carbonyl (C=O) groups excluding carboxylic acids is 1. The molecular weight excluding hydrogens is 456 g/mol. The summed E-state index contributed by atoms with van der Waals surface area (Å²) in [6.07, 6.45) is -8.43. The molecule has 0 spiro atoms. The molecule has 0 aliphatic carbocycles. The highest BCUT2D eigenvalue weighted by Crippen LogP contribution is 2.37. The van der Waals surface area contributed by atoms with E-state index in [4.69, 9.17) is 24.5 Å². The van der Waals surface area contributed by atoms with E-state index < -0.39 is 24.3 Å². The number of pyridine rings is 1. The molecule has 2 aliphatic heterocycles. The zero-order chi connectivity index (χ0) is 24.6. The highest BCUT2D eigenvalue weighted by Gasteiger charge is 2.52. The Morgan fingerprint density at radius 2 is 1.69 bits per heavy atom. The van der Waals surface area contributed by atoms with Crippen LogP contribution in [0.3, 0.4) is 0 Å². The number of aromatic nitrogens is 1. The molecule has 2 aliphatic rings. The number of halogens is 6. The Kier molecular flexibility index (Phi) is 9.38. The summed E-state index contributed by atoms with van der Waals surface area (Å²) in [4.78, 5) is 34.4. The third-order valence-electron chi connectivity index (χ3n) is 4.38. The van der Waals surface area contributed by atoms with Gasteiger partial charge in [-0.15, -0.1) is 0 Å². The van der Waals surface area contributed by atoms with Crippen LogP contribution in [0.4, 0.5) is 26.3 Å². The predicted octanol–water partition coefficient (Wildman–Crippen LogP) is 1.20. The molecule has 0 bridgehead atoms. The minimum atomic E-state index is -5.08. The lowest BCUT2D eigenvalue weighted by molar-refractivity contribution is -0.193. The van der Waals surface area contributed by atoms with Crippen molar-refractivity contribution in [3.8, 4) is 0 Å². The van der Waals surface area contributed by atoms with Gasteiger partial charge < -0.3 is 25.6 Å². The Morgan fingerprint density at radius 3 is 2.16 bits per heavy atom. The number of nitrogens with one attached hydrogen (secondary N) is 2. The van der Waals surface area contributed by atoms with Gasteiger partial charge in [0.15, 0.2) is 0 Å². The third-order valence-corrected chi connectivity index (χ3v) is 4.38. The van der Waals surface area contributed by atoms with Crippen molar-refractivity contribution >= 4 is 17.8 Å². The quantitative estimate of drug-likeness (QED) is 0.479. The van der Waals surface area contributed by atoms with Crippen molar-refractivity contribution < 1.29 is 55.7 Å². The Labute approximate surface area is 176 Å². The SMILES string of the molecule is O=C(NCc1ccccn1)[C@@]12CNC[C@@H]1COC2.O=C(O)C(F)(F)F.O=C(O)C(F)(F)F. The molecule has 2 fully saturated rings. The smallest absolute Gasteiger partial charge is 0.475 e. The summed E-state index contributed by atoms with van der Waals surface area (Å²) >= 11 is 0. The van der Waals surface area contributed by atoms with Gasteiger partial charge in [0.1, 0.15) is 0 Å². The van der Waals surface area contributed by atoms with Gasteiger partial charge in [-0.1, -0.05) is 6.07 Å². The summed E-state index contributed by atoms with van der Waals surface area (Å²) in [6.45, 7) is 3.28. The van der Waals surface area contributed by atoms with Crippen molar-refractivity contribution in [3.63, 3.8) is 0 Å². The van der Waals surface area contributed by atoms with Gasteiger partial charge in [-0.05, 0) is 12.1 Å². The fourth-order valence-electron chi connectivity index (χ4n) is 2.76. The summed E-state index contributed by atoms with van der Waals surface area (Å²) in [6, 6.07) is 5.70. The highest BCUT2D eigenvalue weighted by atomic mass is 19.4. The molecular formula is C17H19F6N3O6. The van der Waals surface area contributed by atoms with E-state index in [0.717, 1.165) is 12.2 Å². The van der Waals surface area contributed by atoms with Crippen LogP contribution in [-0.2, 0) is 25.7 Å². The van der Waals surface area contributed by atoms with Gasteiger partial charge in [-0.2, -0.15) is 26.3 Å². The first-order valence-electron chi connectivity index (χ1n) is 8.77. The Balaban J connectivity index is 0.000000305. The van der Waals surface area contributed by atoms with Gasteiger partial charge in [0.25, 0.3) is 0 Å². The van der Waals surface area contributed by atoms with Gasteiger partial charge in [-0.25, -0.2) is 9.59 Å². The van der Waals surface area contributed by atoms with Gasteiger partial charge in [0.05, 0.1) is 30.9 Å². The molecule has 3 heterocycles. The molecule has 0 unspecified atom stereocenters. The lowest BCUT2D eigenvalue weighted by Crippen LogP contribution is -2.46. The van der Waals surface area contributed by atoms with Crippen molar-refractivity contribution in [2.75, 3.05) is 26.3 Å². The van der Waals surface area contributed by atoms with Crippen LogP contribution in [0.1, 0.15) is 5.69 Å². The molecule has 1 amide bonds. The maximum atomic E-state index is 12.4. The van der Waals surface area contributed by atoms with Crippen LogP contribution in [0, 0.1) is 11.3 Å². The number of carboxylic acid groups (broad SMARTS) is 2. The number of rotatable bonds is 3. The molecule has 9 nitrogen and oxygen atoms in total. The van der Waals surface area contributed by atoms with E-state index in [0.29, 0.717) is 32.2 Å². The van der Waals surface area contributed by atoms with E-state index in [9.17, 15) is 31.1 Å². The number of ether oxygens (including phenoxy) is 1. The molecule has 1 aromatic rings. The van der Waals surface area contributed by atoms with Gasteiger partial charge in [0, 0.05) is 25.2 Å². The zero-order valence-corrected chi connectivity index (χ0v) is 16.2. The number of hydrogen-bond acceptors (Lipinski definition) is 6. The number of nitrogens with zero attached hydrogens (tertiary/aromatic N) is 1. The first kappa shape index (κ1) is 27.1. The summed E-state index contributed by atoms with van der Waals surface area (Å²) in [5.41, 5.74) is 0.512. The van der Waals surface area contributed by atoms with Crippen molar-refractivity contribution in [1.82, 2.24) is 15.6 Å². The molecule has 2 atom stereocenters.